The maximum Gasteiger partial charge on any atom is 0.264 e. The van der Waals surface area contributed by atoms with Crippen LogP contribution in [0.25, 0.3) is 11.8 Å². The Bertz CT molecular complexity index is 1230. The minimum atomic E-state index is -0.152. The van der Waals surface area contributed by atoms with Crippen molar-refractivity contribution in [2.45, 2.75) is 20.8 Å². The third-order valence-corrected chi connectivity index (χ3v) is 6.20. The van der Waals surface area contributed by atoms with Crippen molar-refractivity contribution in [2.75, 3.05) is 7.11 Å². The number of amides is 1. The third kappa shape index (κ3) is 4.40. The highest BCUT2D eigenvalue weighted by atomic mass is 35.5. The summed E-state index contributed by atoms with van der Waals surface area (Å²) >= 11 is 7.57. The molecule has 158 valence electrons. The van der Waals surface area contributed by atoms with Gasteiger partial charge in [0.25, 0.3) is 5.91 Å². The van der Waals surface area contributed by atoms with E-state index >= 15 is 0 Å². The highest BCUT2D eigenvalue weighted by Crippen LogP contribution is 2.33. The van der Waals surface area contributed by atoms with Gasteiger partial charge in [-0.25, -0.2) is 4.99 Å². The van der Waals surface area contributed by atoms with Gasteiger partial charge >= 0.3 is 0 Å². The van der Waals surface area contributed by atoms with Gasteiger partial charge in [-0.1, -0.05) is 29.3 Å². The lowest BCUT2D eigenvalue weighted by Crippen LogP contribution is -2.19. The van der Waals surface area contributed by atoms with E-state index in [4.69, 9.17) is 16.3 Å². The van der Waals surface area contributed by atoms with E-state index in [1.54, 1.807) is 13.2 Å². The fourth-order valence-corrected chi connectivity index (χ4v) is 4.50. The standard InChI is InChI=1S/C24H22ClN3O2S/c1-14-5-8-19(9-6-14)26-24-27-23(29)22(31-24)12-17-11-15(2)28(16(17)3)20-13-18(25)7-10-21(20)30-4/h5-13H,1-4H3,(H,26,27,29)/b22-12+. The predicted octanol–water partition coefficient (Wildman–Crippen LogP) is 5.96. The molecule has 1 amide bonds. The summed E-state index contributed by atoms with van der Waals surface area (Å²) in [6.07, 6.45) is 1.90. The number of methoxy groups -OCH3 is 1. The van der Waals surface area contributed by atoms with E-state index in [2.05, 4.69) is 14.9 Å². The maximum atomic E-state index is 12.5. The van der Waals surface area contributed by atoms with Crippen LogP contribution in [0.3, 0.4) is 0 Å². The van der Waals surface area contributed by atoms with E-state index in [-0.39, 0.29) is 5.91 Å². The topological polar surface area (TPSA) is 55.6 Å². The Balaban J connectivity index is 1.67. The molecule has 0 radical (unpaired) electrons. The largest absolute Gasteiger partial charge is 0.495 e. The Kier molecular flexibility index (Phi) is 5.94. The van der Waals surface area contributed by atoms with Gasteiger partial charge in [0.15, 0.2) is 5.17 Å². The average Bonchev–Trinajstić information content (AvgIpc) is 3.22. The molecule has 0 aliphatic carbocycles. The van der Waals surface area contributed by atoms with Crippen LogP contribution in [0.15, 0.2) is 58.4 Å². The number of thioether (sulfide) groups is 1. The van der Waals surface area contributed by atoms with Crippen LogP contribution in [-0.2, 0) is 4.79 Å². The molecule has 31 heavy (non-hydrogen) atoms. The van der Waals surface area contributed by atoms with Crippen LogP contribution in [-0.4, -0.2) is 22.8 Å². The first-order chi connectivity index (χ1) is 14.9. The van der Waals surface area contributed by atoms with Gasteiger partial charge in [-0.3, -0.25) is 4.79 Å². The zero-order valence-corrected chi connectivity index (χ0v) is 19.3. The Morgan fingerprint density at radius 2 is 1.84 bits per heavy atom. The molecule has 1 aromatic heterocycles. The molecule has 1 aliphatic heterocycles. The van der Waals surface area contributed by atoms with Crippen molar-refractivity contribution in [1.29, 1.82) is 0 Å². The molecule has 0 unspecified atom stereocenters. The average molecular weight is 452 g/mol. The molecule has 1 aliphatic rings. The second-order valence-corrected chi connectivity index (χ2v) is 8.76. The molecule has 2 aromatic carbocycles. The molecule has 7 heteroatoms. The number of hydrogen-bond donors (Lipinski definition) is 1. The van der Waals surface area contributed by atoms with Crippen LogP contribution in [0.1, 0.15) is 22.5 Å². The second kappa shape index (κ2) is 8.65. The van der Waals surface area contributed by atoms with E-state index in [0.717, 1.165) is 34.1 Å². The number of ether oxygens (including phenoxy) is 1. The van der Waals surface area contributed by atoms with Gasteiger partial charge in [0, 0.05) is 16.4 Å². The number of aliphatic imine (C=N–C) groups is 1. The van der Waals surface area contributed by atoms with Gasteiger partial charge in [0.1, 0.15) is 5.75 Å². The maximum absolute atomic E-state index is 12.5. The molecule has 5 nitrogen and oxygen atoms in total. The summed E-state index contributed by atoms with van der Waals surface area (Å²) in [6.45, 7) is 6.05. The van der Waals surface area contributed by atoms with Crippen molar-refractivity contribution in [3.63, 3.8) is 0 Å². The Morgan fingerprint density at radius 3 is 2.55 bits per heavy atom. The first kappa shape index (κ1) is 21.3. The third-order valence-electron chi connectivity index (χ3n) is 5.05. The molecule has 2 heterocycles. The van der Waals surface area contributed by atoms with Gasteiger partial charge < -0.3 is 14.6 Å². The molecule has 1 fully saturated rings. The van der Waals surface area contributed by atoms with Gasteiger partial charge in [0.2, 0.25) is 0 Å². The lowest BCUT2D eigenvalue weighted by atomic mass is 10.2. The summed E-state index contributed by atoms with van der Waals surface area (Å²) in [6, 6.07) is 15.4. The number of rotatable bonds is 4. The number of benzene rings is 2. The van der Waals surface area contributed by atoms with E-state index in [9.17, 15) is 4.79 Å². The van der Waals surface area contributed by atoms with Crippen molar-refractivity contribution in [3.05, 3.63) is 81.0 Å². The van der Waals surface area contributed by atoms with Crippen LogP contribution in [0, 0.1) is 20.8 Å². The number of nitrogens with zero attached hydrogens (tertiary/aromatic N) is 2. The van der Waals surface area contributed by atoms with Crippen LogP contribution >= 0.6 is 23.4 Å². The summed E-state index contributed by atoms with van der Waals surface area (Å²) < 4.78 is 7.60. The first-order valence-electron chi connectivity index (χ1n) is 9.75. The van der Waals surface area contributed by atoms with Crippen molar-refractivity contribution < 1.29 is 9.53 Å². The number of nitrogens with one attached hydrogen (secondary N) is 1. The number of aryl methyl sites for hydroxylation is 2. The fraction of sp³-hybridized carbons (Fsp3) is 0.167. The summed E-state index contributed by atoms with van der Waals surface area (Å²) in [5.41, 5.74) is 5.79. The molecule has 3 aromatic rings. The van der Waals surface area contributed by atoms with Crippen molar-refractivity contribution >= 4 is 46.2 Å². The molecule has 0 spiro atoms. The quantitative estimate of drug-likeness (QED) is 0.498. The number of hydrogen-bond acceptors (Lipinski definition) is 4. The van der Waals surface area contributed by atoms with E-state index in [1.165, 1.54) is 17.3 Å². The van der Waals surface area contributed by atoms with Crippen molar-refractivity contribution in [3.8, 4) is 11.4 Å². The van der Waals surface area contributed by atoms with Gasteiger partial charge in [-0.05, 0) is 80.6 Å². The lowest BCUT2D eigenvalue weighted by Gasteiger charge is -2.14. The number of carbonyl (C=O) groups is 1. The molecule has 4 rings (SSSR count). The number of amidine groups is 1. The Hall–Kier alpha value is -2.96. The van der Waals surface area contributed by atoms with E-state index in [0.29, 0.717) is 15.1 Å². The monoisotopic (exact) mass is 451 g/mol. The molecular weight excluding hydrogens is 430 g/mol. The lowest BCUT2D eigenvalue weighted by molar-refractivity contribution is -0.115. The van der Waals surface area contributed by atoms with Gasteiger partial charge in [-0.15, -0.1) is 0 Å². The van der Waals surface area contributed by atoms with Crippen LogP contribution < -0.4 is 10.1 Å². The highest BCUT2D eigenvalue weighted by Gasteiger charge is 2.25. The summed E-state index contributed by atoms with van der Waals surface area (Å²) in [4.78, 5) is 17.7. The minimum absolute atomic E-state index is 0.152. The molecule has 0 saturated carbocycles. The number of aromatic nitrogens is 1. The van der Waals surface area contributed by atoms with Gasteiger partial charge in [-0.2, -0.15) is 0 Å². The Morgan fingerprint density at radius 1 is 1.10 bits per heavy atom. The van der Waals surface area contributed by atoms with Crippen LogP contribution in [0.4, 0.5) is 5.69 Å². The van der Waals surface area contributed by atoms with Crippen LogP contribution in [0.2, 0.25) is 5.02 Å². The van der Waals surface area contributed by atoms with Gasteiger partial charge in [0.05, 0.1) is 23.4 Å². The molecule has 0 bridgehead atoms. The SMILES string of the molecule is COc1ccc(Cl)cc1-n1c(C)cc(/C=C2/SC(=Nc3ccc(C)cc3)NC2=O)c1C. The normalized spacial score (nSPS) is 16.2. The fourth-order valence-electron chi connectivity index (χ4n) is 3.50. The second-order valence-electron chi connectivity index (χ2n) is 7.30. The van der Waals surface area contributed by atoms with Crippen molar-refractivity contribution in [1.82, 2.24) is 9.88 Å². The number of halogens is 1. The first-order valence-corrected chi connectivity index (χ1v) is 10.9. The summed E-state index contributed by atoms with van der Waals surface area (Å²) in [5.74, 6) is 0.576. The summed E-state index contributed by atoms with van der Waals surface area (Å²) in [5, 5.41) is 4.05. The molecule has 1 saturated heterocycles. The van der Waals surface area contributed by atoms with E-state index < -0.39 is 0 Å². The van der Waals surface area contributed by atoms with Crippen LogP contribution in [0.5, 0.6) is 5.75 Å². The minimum Gasteiger partial charge on any atom is -0.495 e. The molecular formula is C24H22ClN3O2S. The molecule has 0 atom stereocenters. The predicted molar refractivity (Wildman–Crippen MR) is 129 cm³/mol. The smallest absolute Gasteiger partial charge is 0.264 e. The zero-order chi connectivity index (χ0) is 22.1. The van der Waals surface area contributed by atoms with Crippen molar-refractivity contribution in [2.24, 2.45) is 4.99 Å². The molecule has 1 N–H and O–H groups in total. The highest BCUT2D eigenvalue weighted by molar-refractivity contribution is 8.18. The van der Waals surface area contributed by atoms with E-state index in [1.807, 2.05) is 69.3 Å². The number of carbonyl (C=O) groups excluding carboxylic acids is 1. The Labute approximate surface area is 190 Å². The summed E-state index contributed by atoms with van der Waals surface area (Å²) in [7, 11) is 1.64. The zero-order valence-electron chi connectivity index (χ0n) is 17.7.